The van der Waals surface area contributed by atoms with E-state index in [1.807, 2.05) is 0 Å². The molecular weight excluding hydrogens is 341 g/mol. The number of guanidine groups is 1. The van der Waals surface area contributed by atoms with Crippen LogP contribution in [0.4, 0.5) is 0 Å². The topological polar surface area (TPSA) is 56.7 Å². The van der Waals surface area contributed by atoms with Gasteiger partial charge in [0.15, 0.2) is 5.96 Å². The van der Waals surface area contributed by atoms with Gasteiger partial charge in [0.25, 0.3) is 0 Å². The molecule has 0 unspecified atom stereocenters. The van der Waals surface area contributed by atoms with Gasteiger partial charge in [-0.3, -0.25) is 4.99 Å². The van der Waals surface area contributed by atoms with Gasteiger partial charge in [0.2, 0.25) is 0 Å². The van der Waals surface area contributed by atoms with Crippen molar-refractivity contribution >= 4 is 29.9 Å². The van der Waals surface area contributed by atoms with Crippen LogP contribution in [0.1, 0.15) is 46.0 Å². The Morgan fingerprint density at radius 3 is 2.39 bits per heavy atom. The summed E-state index contributed by atoms with van der Waals surface area (Å²) in [4.78, 5) is 4.31. The van der Waals surface area contributed by atoms with Gasteiger partial charge in [0.1, 0.15) is 0 Å². The number of nitrogens with zero attached hydrogens (tertiary/aromatic N) is 1. The van der Waals surface area contributed by atoms with Gasteiger partial charge in [0, 0.05) is 12.6 Å². The third-order valence-electron chi connectivity index (χ3n) is 3.48. The van der Waals surface area contributed by atoms with Crippen molar-refractivity contribution in [3.05, 3.63) is 0 Å². The van der Waals surface area contributed by atoms with Crippen molar-refractivity contribution in [3.8, 4) is 0 Å². The van der Waals surface area contributed by atoms with Crippen LogP contribution in [0.15, 0.2) is 4.99 Å². The lowest BCUT2D eigenvalue weighted by Gasteiger charge is -2.29. The molecule has 108 valence electrons. The second-order valence-corrected chi connectivity index (χ2v) is 4.75. The average molecular weight is 369 g/mol. The Labute approximate surface area is 128 Å². The standard InChI is InChI=1S/C13H27N3O.HI/c1-3-11-5-7-12(8-6-11)16-13(14-4-2)15-9-10-17;/h11-12,17H,3-10H2,1-2H3,(H2,14,15,16);1H. The van der Waals surface area contributed by atoms with Gasteiger partial charge < -0.3 is 15.7 Å². The van der Waals surface area contributed by atoms with Crippen molar-refractivity contribution in [2.75, 3.05) is 19.7 Å². The highest BCUT2D eigenvalue weighted by atomic mass is 127. The third-order valence-corrected chi connectivity index (χ3v) is 3.48. The molecular formula is C13H28IN3O. The zero-order chi connectivity index (χ0) is 12.5. The molecule has 3 N–H and O–H groups in total. The molecule has 1 aliphatic carbocycles. The van der Waals surface area contributed by atoms with Crippen molar-refractivity contribution in [2.45, 2.75) is 52.0 Å². The lowest BCUT2D eigenvalue weighted by Crippen LogP contribution is -2.45. The van der Waals surface area contributed by atoms with Crippen molar-refractivity contribution in [3.63, 3.8) is 0 Å². The number of hydrogen-bond acceptors (Lipinski definition) is 2. The lowest BCUT2D eigenvalue weighted by atomic mass is 9.84. The molecule has 0 aromatic heterocycles. The van der Waals surface area contributed by atoms with Crippen LogP contribution >= 0.6 is 24.0 Å². The van der Waals surface area contributed by atoms with Crippen LogP contribution in [0.5, 0.6) is 0 Å². The number of aliphatic imine (C=N–C) groups is 1. The fraction of sp³-hybridized carbons (Fsp3) is 0.923. The van der Waals surface area contributed by atoms with Crippen LogP contribution < -0.4 is 10.6 Å². The predicted octanol–water partition coefficient (Wildman–Crippen LogP) is 2.12. The summed E-state index contributed by atoms with van der Waals surface area (Å²) < 4.78 is 0. The van der Waals surface area contributed by atoms with Crippen molar-refractivity contribution in [2.24, 2.45) is 10.9 Å². The monoisotopic (exact) mass is 369 g/mol. The molecule has 0 heterocycles. The van der Waals surface area contributed by atoms with E-state index in [4.69, 9.17) is 5.11 Å². The fourth-order valence-electron chi connectivity index (χ4n) is 2.39. The van der Waals surface area contributed by atoms with Crippen LogP contribution in [0.3, 0.4) is 0 Å². The summed E-state index contributed by atoms with van der Waals surface area (Å²) in [5.74, 6) is 1.77. The summed E-state index contributed by atoms with van der Waals surface area (Å²) in [5, 5.41) is 15.5. The van der Waals surface area contributed by atoms with E-state index in [2.05, 4.69) is 29.5 Å². The van der Waals surface area contributed by atoms with E-state index in [-0.39, 0.29) is 30.6 Å². The molecule has 0 saturated heterocycles. The first-order chi connectivity index (χ1) is 8.30. The SMILES string of the molecule is CCNC(=NCCO)NC1CCC(CC)CC1.I. The fourth-order valence-corrected chi connectivity index (χ4v) is 2.39. The van der Waals surface area contributed by atoms with E-state index in [1.54, 1.807) is 0 Å². The van der Waals surface area contributed by atoms with Crippen LogP contribution in [0, 0.1) is 5.92 Å². The van der Waals surface area contributed by atoms with E-state index in [0.29, 0.717) is 12.6 Å². The number of hydrogen-bond donors (Lipinski definition) is 3. The highest BCUT2D eigenvalue weighted by Crippen LogP contribution is 2.26. The predicted molar refractivity (Wildman–Crippen MR) is 87.7 cm³/mol. The summed E-state index contributed by atoms with van der Waals surface area (Å²) >= 11 is 0. The average Bonchev–Trinajstić information content (AvgIpc) is 2.37. The molecule has 1 aliphatic rings. The maximum Gasteiger partial charge on any atom is 0.191 e. The molecule has 0 aromatic rings. The number of nitrogens with one attached hydrogen (secondary N) is 2. The summed E-state index contributed by atoms with van der Waals surface area (Å²) in [5.41, 5.74) is 0. The largest absolute Gasteiger partial charge is 0.394 e. The zero-order valence-corrected chi connectivity index (χ0v) is 13.9. The molecule has 0 amide bonds. The quantitative estimate of drug-likeness (QED) is 0.395. The molecule has 1 fully saturated rings. The molecule has 5 heteroatoms. The van der Waals surface area contributed by atoms with E-state index in [9.17, 15) is 0 Å². The molecule has 1 saturated carbocycles. The molecule has 0 aliphatic heterocycles. The minimum Gasteiger partial charge on any atom is -0.394 e. The Hall–Kier alpha value is -0.0400. The zero-order valence-electron chi connectivity index (χ0n) is 11.6. The van der Waals surface area contributed by atoms with E-state index >= 15 is 0 Å². The number of halogens is 1. The van der Waals surface area contributed by atoms with Gasteiger partial charge in [-0.2, -0.15) is 0 Å². The van der Waals surface area contributed by atoms with Crippen molar-refractivity contribution < 1.29 is 5.11 Å². The van der Waals surface area contributed by atoms with Crippen LogP contribution in [-0.2, 0) is 0 Å². The molecule has 1 rings (SSSR count). The third kappa shape index (κ3) is 6.78. The number of aliphatic hydroxyl groups is 1. The molecule has 4 nitrogen and oxygen atoms in total. The second kappa shape index (κ2) is 10.8. The molecule has 0 bridgehead atoms. The molecule has 0 atom stereocenters. The summed E-state index contributed by atoms with van der Waals surface area (Å²) in [6.45, 7) is 5.79. The first-order valence-electron chi connectivity index (χ1n) is 6.95. The highest BCUT2D eigenvalue weighted by molar-refractivity contribution is 14.0. The van der Waals surface area contributed by atoms with Crippen molar-refractivity contribution in [1.29, 1.82) is 0 Å². The van der Waals surface area contributed by atoms with Gasteiger partial charge in [-0.1, -0.05) is 13.3 Å². The normalized spacial score (nSPS) is 24.3. The summed E-state index contributed by atoms with van der Waals surface area (Å²) in [7, 11) is 0. The smallest absolute Gasteiger partial charge is 0.191 e. The van der Waals surface area contributed by atoms with Crippen LogP contribution in [0.2, 0.25) is 0 Å². The summed E-state index contributed by atoms with van der Waals surface area (Å²) in [6.07, 6.45) is 6.44. The number of aliphatic hydroxyl groups excluding tert-OH is 1. The molecule has 0 spiro atoms. The lowest BCUT2D eigenvalue weighted by molar-refractivity contribution is 0.300. The van der Waals surface area contributed by atoms with Gasteiger partial charge in [-0.05, 0) is 38.5 Å². The van der Waals surface area contributed by atoms with Gasteiger partial charge in [-0.15, -0.1) is 24.0 Å². The Morgan fingerprint density at radius 2 is 1.89 bits per heavy atom. The van der Waals surface area contributed by atoms with Crippen molar-refractivity contribution in [1.82, 2.24) is 10.6 Å². The maximum absolute atomic E-state index is 8.79. The van der Waals surface area contributed by atoms with Gasteiger partial charge >= 0.3 is 0 Å². The molecule has 18 heavy (non-hydrogen) atoms. The Bertz CT molecular complexity index is 228. The van der Waals surface area contributed by atoms with Crippen LogP contribution in [0.25, 0.3) is 0 Å². The molecule has 0 radical (unpaired) electrons. The first-order valence-corrected chi connectivity index (χ1v) is 6.95. The van der Waals surface area contributed by atoms with E-state index < -0.39 is 0 Å². The summed E-state index contributed by atoms with van der Waals surface area (Å²) in [6, 6.07) is 0.550. The minimum atomic E-state index is 0. The number of rotatable bonds is 5. The Kier molecular flexibility index (Phi) is 10.8. The van der Waals surface area contributed by atoms with E-state index in [1.165, 1.54) is 32.1 Å². The van der Waals surface area contributed by atoms with E-state index in [0.717, 1.165) is 18.4 Å². The highest BCUT2D eigenvalue weighted by Gasteiger charge is 2.20. The van der Waals surface area contributed by atoms with Crippen LogP contribution in [-0.4, -0.2) is 36.8 Å². The minimum absolute atomic E-state index is 0. The Morgan fingerprint density at radius 1 is 1.22 bits per heavy atom. The molecule has 0 aromatic carbocycles. The maximum atomic E-state index is 8.79. The van der Waals surface area contributed by atoms with Gasteiger partial charge in [0.05, 0.1) is 13.2 Å². The van der Waals surface area contributed by atoms with Gasteiger partial charge in [-0.25, -0.2) is 0 Å². The first kappa shape index (κ1) is 18.0. The Balaban J connectivity index is 0.00000289. The second-order valence-electron chi connectivity index (χ2n) is 4.75.